The lowest BCUT2D eigenvalue weighted by atomic mass is 10.2. The molecule has 0 bridgehead atoms. The zero-order valence-corrected chi connectivity index (χ0v) is 17.9. The van der Waals surface area contributed by atoms with Crippen LogP contribution in [0.4, 0.5) is 11.4 Å². The summed E-state index contributed by atoms with van der Waals surface area (Å²) in [6, 6.07) is 7.03. The Morgan fingerprint density at radius 3 is 2.32 bits per heavy atom. The minimum absolute atomic E-state index is 0.105. The van der Waals surface area contributed by atoms with Gasteiger partial charge in [-0.2, -0.15) is 0 Å². The lowest BCUT2D eigenvalue weighted by Crippen LogP contribution is -2.14. The van der Waals surface area contributed by atoms with E-state index in [1.165, 1.54) is 29.1 Å². The largest absolute Gasteiger partial charge is 0.326 e. The van der Waals surface area contributed by atoms with Crippen molar-refractivity contribution in [3.8, 4) is 0 Å². The first-order chi connectivity index (χ1) is 13.4. The first-order valence-corrected chi connectivity index (χ1v) is 10.7. The molecular formula is C20H22N4O2S2. The summed E-state index contributed by atoms with van der Waals surface area (Å²) in [7, 11) is 0. The number of thiophene rings is 1. The minimum atomic E-state index is -0.130. The molecule has 0 atom stereocenters. The maximum absolute atomic E-state index is 12.4. The van der Waals surface area contributed by atoms with Gasteiger partial charge in [-0.1, -0.05) is 18.7 Å². The van der Waals surface area contributed by atoms with Crippen LogP contribution in [0.15, 0.2) is 29.3 Å². The average molecular weight is 415 g/mol. The molecule has 0 spiro atoms. The number of aryl methyl sites for hydroxylation is 3. The number of hydrogen-bond donors (Lipinski definition) is 2. The van der Waals surface area contributed by atoms with Gasteiger partial charge in [-0.25, -0.2) is 9.97 Å². The van der Waals surface area contributed by atoms with Crippen molar-refractivity contribution >= 4 is 56.5 Å². The SMILES string of the molecule is CCc1nc(SCC(=O)Nc2ccc(NC(C)=O)cc2)c2c(C)c(C)sc2n1. The maximum atomic E-state index is 12.4. The van der Waals surface area contributed by atoms with E-state index in [9.17, 15) is 9.59 Å². The van der Waals surface area contributed by atoms with Crippen molar-refractivity contribution < 1.29 is 9.59 Å². The van der Waals surface area contributed by atoms with E-state index in [4.69, 9.17) is 0 Å². The second-order valence-corrected chi connectivity index (χ2v) is 8.52. The number of nitrogens with one attached hydrogen (secondary N) is 2. The van der Waals surface area contributed by atoms with Crippen LogP contribution in [0.3, 0.4) is 0 Å². The fourth-order valence-electron chi connectivity index (χ4n) is 2.69. The molecule has 0 aliphatic rings. The van der Waals surface area contributed by atoms with Crippen LogP contribution in [0.1, 0.15) is 30.1 Å². The molecule has 3 rings (SSSR count). The van der Waals surface area contributed by atoms with Gasteiger partial charge in [0.25, 0.3) is 0 Å². The Hall–Kier alpha value is -2.45. The van der Waals surface area contributed by atoms with Gasteiger partial charge in [0.1, 0.15) is 15.7 Å². The molecule has 28 heavy (non-hydrogen) atoms. The molecule has 8 heteroatoms. The number of anilines is 2. The number of amides is 2. The van der Waals surface area contributed by atoms with Crippen LogP contribution in [-0.2, 0) is 16.0 Å². The summed E-state index contributed by atoms with van der Waals surface area (Å²) in [6.45, 7) is 7.64. The van der Waals surface area contributed by atoms with Crippen molar-refractivity contribution in [1.29, 1.82) is 0 Å². The van der Waals surface area contributed by atoms with Crippen LogP contribution in [0.5, 0.6) is 0 Å². The highest BCUT2D eigenvalue weighted by Gasteiger charge is 2.15. The quantitative estimate of drug-likeness (QED) is 0.456. The molecule has 2 heterocycles. The van der Waals surface area contributed by atoms with Crippen molar-refractivity contribution in [3.05, 3.63) is 40.5 Å². The van der Waals surface area contributed by atoms with Gasteiger partial charge >= 0.3 is 0 Å². The number of rotatable bonds is 6. The summed E-state index contributed by atoms with van der Waals surface area (Å²) < 4.78 is 0. The number of hydrogen-bond acceptors (Lipinski definition) is 6. The molecule has 0 aliphatic heterocycles. The van der Waals surface area contributed by atoms with Gasteiger partial charge in [0.05, 0.1) is 5.75 Å². The minimum Gasteiger partial charge on any atom is -0.326 e. The van der Waals surface area contributed by atoms with E-state index in [2.05, 4.69) is 34.4 Å². The molecule has 0 unspecified atom stereocenters. The van der Waals surface area contributed by atoms with Gasteiger partial charge in [-0.15, -0.1) is 11.3 Å². The predicted molar refractivity (Wildman–Crippen MR) is 116 cm³/mol. The van der Waals surface area contributed by atoms with Crippen molar-refractivity contribution in [2.24, 2.45) is 0 Å². The van der Waals surface area contributed by atoms with Gasteiger partial charge in [-0.05, 0) is 43.7 Å². The summed E-state index contributed by atoms with van der Waals surface area (Å²) in [4.78, 5) is 34.9. The topological polar surface area (TPSA) is 84.0 Å². The van der Waals surface area contributed by atoms with E-state index in [1.807, 2.05) is 6.92 Å². The number of thioether (sulfide) groups is 1. The molecule has 3 aromatic rings. The summed E-state index contributed by atoms with van der Waals surface area (Å²) in [5.74, 6) is 0.823. The maximum Gasteiger partial charge on any atom is 0.234 e. The zero-order valence-electron chi connectivity index (χ0n) is 16.3. The zero-order chi connectivity index (χ0) is 20.3. The van der Waals surface area contributed by atoms with E-state index < -0.39 is 0 Å². The highest BCUT2D eigenvalue weighted by molar-refractivity contribution is 8.00. The summed E-state index contributed by atoms with van der Waals surface area (Å²) in [6.07, 6.45) is 0.756. The lowest BCUT2D eigenvalue weighted by molar-refractivity contribution is -0.114. The Labute approximate surface area is 172 Å². The smallest absolute Gasteiger partial charge is 0.234 e. The fourth-order valence-corrected chi connectivity index (χ4v) is 4.71. The number of carbonyl (C=O) groups is 2. The number of aromatic nitrogens is 2. The Kier molecular flexibility index (Phi) is 6.31. The number of carbonyl (C=O) groups excluding carboxylic acids is 2. The molecule has 6 nitrogen and oxygen atoms in total. The Morgan fingerprint density at radius 2 is 1.71 bits per heavy atom. The summed E-state index contributed by atoms with van der Waals surface area (Å²) in [5, 5.41) is 7.49. The summed E-state index contributed by atoms with van der Waals surface area (Å²) >= 11 is 3.10. The van der Waals surface area contributed by atoms with Gasteiger partial charge in [-0.3, -0.25) is 9.59 Å². The number of fused-ring (bicyclic) bond motifs is 1. The van der Waals surface area contributed by atoms with Crippen molar-refractivity contribution in [3.63, 3.8) is 0 Å². The first-order valence-electron chi connectivity index (χ1n) is 8.94. The second kappa shape index (κ2) is 8.70. The van der Waals surface area contributed by atoms with E-state index in [0.29, 0.717) is 11.4 Å². The molecule has 146 valence electrons. The lowest BCUT2D eigenvalue weighted by Gasteiger charge is -2.08. The Bertz CT molecular complexity index is 1030. The molecule has 2 aromatic heterocycles. The molecule has 2 N–H and O–H groups in total. The highest BCUT2D eigenvalue weighted by atomic mass is 32.2. The molecule has 2 amide bonds. The van der Waals surface area contributed by atoms with E-state index >= 15 is 0 Å². The molecular weight excluding hydrogens is 392 g/mol. The number of nitrogens with zero attached hydrogens (tertiary/aromatic N) is 2. The Morgan fingerprint density at radius 1 is 1.07 bits per heavy atom. The molecule has 0 radical (unpaired) electrons. The third kappa shape index (κ3) is 4.69. The Balaban J connectivity index is 1.70. The van der Waals surface area contributed by atoms with E-state index in [-0.39, 0.29) is 17.6 Å². The van der Waals surface area contributed by atoms with Crippen LogP contribution in [0.25, 0.3) is 10.2 Å². The van der Waals surface area contributed by atoms with Crippen LogP contribution < -0.4 is 10.6 Å². The van der Waals surface area contributed by atoms with Gasteiger partial charge in [0, 0.05) is 35.0 Å². The van der Waals surface area contributed by atoms with Crippen LogP contribution >= 0.6 is 23.1 Å². The van der Waals surface area contributed by atoms with Gasteiger partial charge in [0.15, 0.2) is 0 Å². The fraction of sp³-hybridized carbons (Fsp3) is 0.300. The van der Waals surface area contributed by atoms with Gasteiger partial charge in [0.2, 0.25) is 11.8 Å². The normalized spacial score (nSPS) is 10.9. The van der Waals surface area contributed by atoms with E-state index in [0.717, 1.165) is 27.5 Å². The van der Waals surface area contributed by atoms with Crippen LogP contribution in [0.2, 0.25) is 0 Å². The number of benzene rings is 1. The van der Waals surface area contributed by atoms with Crippen molar-refractivity contribution in [1.82, 2.24) is 9.97 Å². The molecule has 1 aromatic carbocycles. The van der Waals surface area contributed by atoms with Crippen LogP contribution in [0, 0.1) is 13.8 Å². The molecule has 0 fully saturated rings. The third-order valence-electron chi connectivity index (χ3n) is 4.19. The highest BCUT2D eigenvalue weighted by Crippen LogP contribution is 2.35. The monoisotopic (exact) mass is 414 g/mol. The molecule has 0 saturated heterocycles. The third-order valence-corrected chi connectivity index (χ3v) is 6.26. The predicted octanol–water partition coefficient (Wildman–Crippen LogP) is 4.56. The summed E-state index contributed by atoms with van der Waals surface area (Å²) in [5.41, 5.74) is 2.56. The molecule has 0 saturated carbocycles. The van der Waals surface area contributed by atoms with Gasteiger partial charge < -0.3 is 10.6 Å². The van der Waals surface area contributed by atoms with Crippen molar-refractivity contribution in [2.45, 2.75) is 39.1 Å². The average Bonchev–Trinajstić information content (AvgIpc) is 2.95. The van der Waals surface area contributed by atoms with E-state index in [1.54, 1.807) is 35.6 Å². The van der Waals surface area contributed by atoms with Crippen molar-refractivity contribution in [2.75, 3.05) is 16.4 Å². The first kappa shape index (κ1) is 20.3. The second-order valence-electron chi connectivity index (χ2n) is 6.36. The molecule has 0 aliphatic carbocycles. The standard InChI is InChI=1S/C20H22N4O2S2/c1-5-16-23-19(18-11(2)12(3)28-20(18)24-16)27-10-17(26)22-15-8-6-14(7-9-15)21-13(4)25/h6-9H,5,10H2,1-4H3,(H,21,25)(H,22,26). The van der Waals surface area contributed by atoms with Crippen LogP contribution in [-0.4, -0.2) is 27.5 Å².